The molecule has 0 amide bonds. The van der Waals surface area contributed by atoms with Crippen molar-refractivity contribution in [3.8, 4) is 0 Å². The van der Waals surface area contributed by atoms with Crippen molar-refractivity contribution in [2.75, 3.05) is 13.1 Å². The zero-order chi connectivity index (χ0) is 12.7. The summed E-state index contributed by atoms with van der Waals surface area (Å²) >= 11 is 0. The summed E-state index contributed by atoms with van der Waals surface area (Å²) in [6.45, 7) is 2.46. The molecule has 0 bridgehead atoms. The number of aliphatic hydroxyl groups is 1. The monoisotopic (exact) mass is 253 g/mol. The van der Waals surface area contributed by atoms with Crippen molar-refractivity contribution in [3.63, 3.8) is 0 Å². The molecular formula is C14H17F2NO. The van der Waals surface area contributed by atoms with Crippen LogP contribution in [-0.4, -0.2) is 29.2 Å². The van der Waals surface area contributed by atoms with E-state index in [0.717, 1.165) is 31.5 Å². The van der Waals surface area contributed by atoms with Crippen LogP contribution >= 0.6 is 0 Å². The van der Waals surface area contributed by atoms with Gasteiger partial charge in [-0.25, -0.2) is 8.78 Å². The standard InChI is InChI=1S/C14H17F2NO/c15-12-3-1-9(5-13(12)16)6-17-7-10-2-4-14(18)11(10)8-17/h1,3,5,10-11,14,18H,2,4,6-8H2. The van der Waals surface area contributed by atoms with Crippen molar-refractivity contribution >= 4 is 0 Å². The fourth-order valence-corrected chi connectivity index (χ4v) is 3.35. The van der Waals surface area contributed by atoms with E-state index in [0.29, 0.717) is 18.4 Å². The highest BCUT2D eigenvalue weighted by atomic mass is 19.2. The minimum atomic E-state index is -0.799. The first-order valence-corrected chi connectivity index (χ1v) is 6.48. The molecule has 3 atom stereocenters. The third kappa shape index (κ3) is 2.15. The highest BCUT2D eigenvalue weighted by molar-refractivity contribution is 5.18. The number of halogens is 2. The van der Waals surface area contributed by atoms with Gasteiger partial charge in [-0.1, -0.05) is 6.07 Å². The molecule has 1 aromatic rings. The molecule has 18 heavy (non-hydrogen) atoms. The summed E-state index contributed by atoms with van der Waals surface area (Å²) in [6, 6.07) is 4.07. The molecule has 4 heteroatoms. The van der Waals surface area contributed by atoms with Crippen molar-refractivity contribution in [3.05, 3.63) is 35.4 Å². The predicted molar refractivity (Wildman–Crippen MR) is 63.9 cm³/mol. The van der Waals surface area contributed by atoms with Gasteiger partial charge in [-0.2, -0.15) is 0 Å². The fraction of sp³-hybridized carbons (Fsp3) is 0.571. The summed E-state index contributed by atoms with van der Waals surface area (Å²) in [5, 5.41) is 9.83. The van der Waals surface area contributed by atoms with E-state index in [2.05, 4.69) is 4.90 Å². The molecule has 1 N–H and O–H groups in total. The lowest BCUT2D eigenvalue weighted by molar-refractivity contribution is 0.123. The van der Waals surface area contributed by atoms with Gasteiger partial charge in [0, 0.05) is 25.6 Å². The molecular weight excluding hydrogens is 236 g/mol. The lowest BCUT2D eigenvalue weighted by atomic mass is 10.00. The topological polar surface area (TPSA) is 23.5 Å². The molecule has 1 heterocycles. The molecule has 3 rings (SSSR count). The van der Waals surface area contributed by atoms with E-state index in [1.807, 2.05) is 0 Å². The van der Waals surface area contributed by atoms with Gasteiger partial charge in [0.2, 0.25) is 0 Å². The van der Waals surface area contributed by atoms with Gasteiger partial charge in [-0.15, -0.1) is 0 Å². The van der Waals surface area contributed by atoms with E-state index < -0.39 is 11.6 Å². The van der Waals surface area contributed by atoms with Crippen LogP contribution in [0.4, 0.5) is 8.78 Å². The first-order chi connectivity index (χ1) is 8.63. The third-order valence-electron chi connectivity index (χ3n) is 4.28. The molecule has 0 radical (unpaired) electrons. The molecule has 98 valence electrons. The van der Waals surface area contributed by atoms with Gasteiger partial charge in [0.1, 0.15) is 0 Å². The van der Waals surface area contributed by atoms with Crippen LogP contribution in [0, 0.1) is 23.5 Å². The Hall–Kier alpha value is -1.00. The maximum Gasteiger partial charge on any atom is 0.159 e. The Morgan fingerprint density at radius 1 is 1.17 bits per heavy atom. The Balaban J connectivity index is 1.66. The molecule has 3 unspecified atom stereocenters. The number of nitrogens with zero attached hydrogens (tertiary/aromatic N) is 1. The van der Waals surface area contributed by atoms with E-state index >= 15 is 0 Å². The predicted octanol–water partition coefficient (Wildman–Crippen LogP) is 2.17. The average molecular weight is 253 g/mol. The summed E-state index contributed by atoms with van der Waals surface area (Å²) in [5.41, 5.74) is 0.795. The Kier molecular flexibility index (Phi) is 3.08. The lowest BCUT2D eigenvalue weighted by Crippen LogP contribution is -2.24. The van der Waals surface area contributed by atoms with Gasteiger partial charge in [0.15, 0.2) is 11.6 Å². The SMILES string of the molecule is OC1CCC2CN(Cc3ccc(F)c(F)c3)CC12. The molecule has 1 saturated heterocycles. The Labute approximate surface area is 105 Å². The van der Waals surface area contributed by atoms with Gasteiger partial charge in [-0.3, -0.25) is 4.90 Å². The minimum absolute atomic E-state index is 0.176. The molecule has 1 aromatic carbocycles. The zero-order valence-corrected chi connectivity index (χ0v) is 10.1. The van der Waals surface area contributed by atoms with Crippen LogP contribution in [-0.2, 0) is 6.54 Å². The lowest BCUT2D eigenvalue weighted by Gasteiger charge is -2.18. The number of rotatable bonds is 2. The number of aliphatic hydroxyl groups excluding tert-OH is 1. The molecule has 0 aromatic heterocycles. The van der Waals surface area contributed by atoms with Crippen molar-refractivity contribution < 1.29 is 13.9 Å². The maximum atomic E-state index is 13.1. The smallest absolute Gasteiger partial charge is 0.159 e. The fourth-order valence-electron chi connectivity index (χ4n) is 3.35. The summed E-state index contributed by atoms with van der Waals surface area (Å²) in [7, 11) is 0. The number of likely N-dealkylation sites (tertiary alicyclic amines) is 1. The van der Waals surface area contributed by atoms with Gasteiger partial charge < -0.3 is 5.11 Å². The van der Waals surface area contributed by atoms with Crippen LogP contribution in [0.25, 0.3) is 0 Å². The van der Waals surface area contributed by atoms with E-state index in [-0.39, 0.29) is 6.10 Å². The molecule has 2 fully saturated rings. The number of hydrogen-bond acceptors (Lipinski definition) is 2. The van der Waals surface area contributed by atoms with Crippen molar-refractivity contribution in [2.24, 2.45) is 11.8 Å². The third-order valence-corrected chi connectivity index (χ3v) is 4.28. The van der Waals surface area contributed by atoms with Gasteiger partial charge >= 0.3 is 0 Å². The average Bonchev–Trinajstić information content (AvgIpc) is 2.87. The number of fused-ring (bicyclic) bond motifs is 1. The second kappa shape index (κ2) is 4.59. The molecule has 2 nitrogen and oxygen atoms in total. The van der Waals surface area contributed by atoms with E-state index in [9.17, 15) is 13.9 Å². The van der Waals surface area contributed by atoms with Crippen LogP contribution in [0.2, 0.25) is 0 Å². The van der Waals surface area contributed by atoms with Crippen molar-refractivity contribution in [1.29, 1.82) is 0 Å². The number of benzene rings is 1. The van der Waals surface area contributed by atoms with Crippen LogP contribution in [0.1, 0.15) is 18.4 Å². The maximum absolute atomic E-state index is 13.1. The molecule has 1 saturated carbocycles. The molecule has 1 aliphatic heterocycles. The van der Waals surface area contributed by atoms with Crippen molar-refractivity contribution in [2.45, 2.75) is 25.5 Å². The Bertz CT molecular complexity index is 451. The van der Waals surface area contributed by atoms with E-state index in [1.165, 1.54) is 12.1 Å². The second-order valence-corrected chi connectivity index (χ2v) is 5.51. The van der Waals surface area contributed by atoms with Crippen LogP contribution in [0.3, 0.4) is 0 Å². The Morgan fingerprint density at radius 2 is 2.00 bits per heavy atom. The molecule has 0 spiro atoms. The van der Waals surface area contributed by atoms with Gasteiger partial charge in [-0.05, 0) is 36.5 Å². The van der Waals surface area contributed by atoms with E-state index in [4.69, 9.17) is 0 Å². The van der Waals surface area contributed by atoms with Crippen LogP contribution < -0.4 is 0 Å². The molecule has 2 aliphatic rings. The highest BCUT2D eigenvalue weighted by Gasteiger charge is 2.41. The summed E-state index contributed by atoms with van der Waals surface area (Å²) < 4.78 is 25.9. The quantitative estimate of drug-likeness (QED) is 0.873. The normalized spacial score (nSPS) is 31.8. The minimum Gasteiger partial charge on any atom is -0.393 e. The Morgan fingerprint density at radius 3 is 2.72 bits per heavy atom. The summed E-state index contributed by atoms with van der Waals surface area (Å²) in [5.74, 6) is -0.639. The van der Waals surface area contributed by atoms with Gasteiger partial charge in [0.05, 0.1) is 6.10 Å². The largest absolute Gasteiger partial charge is 0.393 e. The first-order valence-electron chi connectivity index (χ1n) is 6.48. The highest BCUT2D eigenvalue weighted by Crippen LogP contribution is 2.38. The summed E-state index contributed by atoms with van der Waals surface area (Å²) in [4.78, 5) is 2.23. The zero-order valence-electron chi connectivity index (χ0n) is 10.1. The molecule has 1 aliphatic carbocycles. The van der Waals surface area contributed by atoms with Crippen LogP contribution in [0.5, 0.6) is 0 Å². The van der Waals surface area contributed by atoms with E-state index in [1.54, 1.807) is 6.07 Å². The van der Waals surface area contributed by atoms with Crippen molar-refractivity contribution in [1.82, 2.24) is 4.90 Å². The van der Waals surface area contributed by atoms with Crippen LogP contribution in [0.15, 0.2) is 18.2 Å². The second-order valence-electron chi connectivity index (χ2n) is 5.51. The first kappa shape index (κ1) is 12.1. The van der Waals surface area contributed by atoms with Gasteiger partial charge in [0.25, 0.3) is 0 Å². The summed E-state index contributed by atoms with van der Waals surface area (Å²) in [6.07, 6.45) is 1.82. The number of hydrogen-bond donors (Lipinski definition) is 1.